The van der Waals surface area contributed by atoms with Gasteiger partial charge in [0.25, 0.3) is 5.91 Å². The molecule has 0 saturated heterocycles. The molecule has 3 aromatic rings. The molecule has 1 aromatic carbocycles. The number of carbonyl (C=O) groups is 2. The number of ether oxygens (including phenoxy) is 1. The second-order valence-electron chi connectivity index (χ2n) is 6.75. The number of nitrogens with two attached hydrogens (primary N) is 1. The van der Waals surface area contributed by atoms with Crippen molar-refractivity contribution in [3.63, 3.8) is 0 Å². The summed E-state index contributed by atoms with van der Waals surface area (Å²) in [6.07, 6.45) is 4.23. The number of fused-ring (bicyclic) bond motifs is 1. The van der Waals surface area contributed by atoms with Gasteiger partial charge in [-0.05, 0) is 24.5 Å². The third-order valence-corrected chi connectivity index (χ3v) is 5.30. The summed E-state index contributed by atoms with van der Waals surface area (Å²) in [5.41, 5.74) is 7.30. The van der Waals surface area contributed by atoms with Gasteiger partial charge in [0.1, 0.15) is 23.7 Å². The van der Waals surface area contributed by atoms with Crippen LogP contribution in [-0.4, -0.2) is 63.4 Å². The molecule has 0 aliphatic carbocycles. The number of anilines is 2. The molecule has 0 atom stereocenters. The number of aromatic nitrogens is 5. The number of likely N-dealkylation sites (N-methyl/N-ethyl adjacent to an activating group) is 1. The molecule has 31 heavy (non-hydrogen) atoms. The maximum Gasteiger partial charge on any atom is 0.404 e. The molecule has 1 aliphatic rings. The molecule has 160 valence electrons. The van der Waals surface area contributed by atoms with Crippen LogP contribution in [0.3, 0.4) is 0 Å². The van der Waals surface area contributed by atoms with Crippen LogP contribution in [0.2, 0.25) is 0 Å². The van der Waals surface area contributed by atoms with Crippen molar-refractivity contribution in [3.05, 3.63) is 47.9 Å². The summed E-state index contributed by atoms with van der Waals surface area (Å²) < 4.78 is 6.28. The number of nitrogens with zero attached hydrogens (tertiary/aromatic N) is 7. The lowest BCUT2D eigenvalue weighted by molar-refractivity contribution is 0.0989. The van der Waals surface area contributed by atoms with Gasteiger partial charge in [-0.3, -0.25) is 4.79 Å². The molecule has 2 N–H and O–H groups in total. The Balaban J connectivity index is 1.63. The minimum Gasteiger partial charge on any atom is -0.443 e. The Bertz CT molecular complexity index is 1130. The number of benzene rings is 1. The predicted octanol–water partition coefficient (Wildman–Crippen LogP) is 1.47. The van der Waals surface area contributed by atoms with Gasteiger partial charge in [-0.25, -0.2) is 19.4 Å². The highest BCUT2D eigenvalue weighted by atomic mass is 32.2. The zero-order chi connectivity index (χ0) is 22.0. The molecule has 0 saturated carbocycles. The highest BCUT2D eigenvalue weighted by Gasteiger charge is 2.28. The fraction of sp³-hybridized carbons (Fsp3) is 0.263. The highest BCUT2D eigenvalue weighted by molar-refractivity contribution is 7.98. The van der Waals surface area contributed by atoms with Crippen LogP contribution in [0.1, 0.15) is 16.1 Å². The summed E-state index contributed by atoms with van der Waals surface area (Å²) in [7, 11) is 1.91. The van der Waals surface area contributed by atoms with Crippen LogP contribution in [0.4, 0.5) is 16.3 Å². The molecular formula is C19H20N8O3S. The van der Waals surface area contributed by atoms with E-state index in [1.54, 1.807) is 22.0 Å². The van der Waals surface area contributed by atoms with Crippen LogP contribution < -0.4 is 15.5 Å². The largest absolute Gasteiger partial charge is 0.443 e. The van der Waals surface area contributed by atoms with E-state index in [9.17, 15) is 9.59 Å². The van der Waals surface area contributed by atoms with E-state index in [0.29, 0.717) is 46.7 Å². The Hall–Kier alpha value is -3.67. The van der Waals surface area contributed by atoms with Crippen molar-refractivity contribution >= 4 is 35.3 Å². The van der Waals surface area contributed by atoms with Crippen LogP contribution in [-0.2, 0) is 11.3 Å². The summed E-state index contributed by atoms with van der Waals surface area (Å²) in [6, 6.07) is 7.38. The number of thioether (sulfide) groups is 1. The minimum absolute atomic E-state index is 0.0687. The second kappa shape index (κ2) is 8.60. The van der Waals surface area contributed by atoms with E-state index in [2.05, 4.69) is 20.3 Å². The number of rotatable bonds is 5. The van der Waals surface area contributed by atoms with Crippen molar-refractivity contribution in [3.8, 4) is 5.69 Å². The molecule has 4 rings (SSSR count). The zero-order valence-electron chi connectivity index (χ0n) is 16.9. The molecule has 12 heteroatoms. The number of hydrogen-bond donors (Lipinski definition) is 1. The number of hydrogen-bond acceptors (Lipinski definition) is 9. The van der Waals surface area contributed by atoms with Gasteiger partial charge < -0.3 is 20.3 Å². The maximum absolute atomic E-state index is 13.3. The SMILES string of the molecule is CSc1ncc2c(n1)N(C)CCN(c1cccc(-n3cc(COC(N)=O)nn3)c1)C2=O. The fourth-order valence-corrected chi connectivity index (χ4v) is 3.52. The minimum atomic E-state index is -0.880. The lowest BCUT2D eigenvalue weighted by atomic mass is 10.2. The van der Waals surface area contributed by atoms with Gasteiger partial charge in [0.15, 0.2) is 5.16 Å². The second-order valence-corrected chi connectivity index (χ2v) is 7.53. The van der Waals surface area contributed by atoms with E-state index in [-0.39, 0.29) is 12.5 Å². The van der Waals surface area contributed by atoms with Gasteiger partial charge >= 0.3 is 6.09 Å². The first-order valence-corrected chi connectivity index (χ1v) is 10.6. The number of carbonyl (C=O) groups excluding carboxylic acids is 2. The molecule has 0 spiro atoms. The lowest BCUT2D eigenvalue weighted by Gasteiger charge is -2.21. The van der Waals surface area contributed by atoms with Gasteiger partial charge in [-0.2, -0.15) is 0 Å². The molecule has 0 fully saturated rings. The van der Waals surface area contributed by atoms with Crippen LogP contribution in [0.25, 0.3) is 5.69 Å². The predicted molar refractivity (Wildman–Crippen MR) is 114 cm³/mol. The van der Waals surface area contributed by atoms with E-state index in [4.69, 9.17) is 10.5 Å². The molecule has 2 aromatic heterocycles. The van der Waals surface area contributed by atoms with Crippen molar-refractivity contribution in [1.82, 2.24) is 25.0 Å². The molecule has 1 aliphatic heterocycles. The van der Waals surface area contributed by atoms with Crippen LogP contribution in [0.5, 0.6) is 0 Å². The molecule has 2 amide bonds. The monoisotopic (exact) mass is 440 g/mol. The van der Waals surface area contributed by atoms with Crippen molar-refractivity contribution in [2.24, 2.45) is 5.73 Å². The summed E-state index contributed by atoms with van der Waals surface area (Å²) in [5, 5.41) is 8.64. The van der Waals surface area contributed by atoms with Crippen molar-refractivity contribution in [2.75, 3.05) is 36.2 Å². The average molecular weight is 440 g/mol. The topological polar surface area (TPSA) is 132 Å². The van der Waals surface area contributed by atoms with E-state index in [1.165, 1.54) is 11.8 Å². The van der Waals surface area contributed by atoms with Gasteiger partial charge in [-0.15, -0.1) is 5.10 Å². The summed E-state index contributed by atoms with van der Waals surface area (Å²) in [5.74, 6) is 0.455. The molecular weight excluding hydrogens is 420 g/mol. The molecule has 0 bridgehead atoms. The van der Waals surface area contributed by atoms with Crippen LogP contribution in [0, 0.1) is 0 Å². The molecule has 0 unspecified atom stereocenters. The van der Waals surface area contributed by atoms with Gasteiger partial charge in [0, 0.05) is 32.0 Å². The number of primary amides is 1. The van der Waals surface area contributed by atoms with Crippen LogP contribution >= 0.6 is 11.8 Å². The third-order valence-electron chi connectivity index (χ3n) is 4.73. The quantitative estimate of drug-likeness (QED) is 0.462. The molecule has 0 radical (unpaired) electrons. The van der Waals surface area contributed by atoms with E-state index >= 15 is 0 Å². The highest BCUT2D eigenvalue weighted by Crippen LogP contribution is 2.27. The average Bonchev–Trinajstić information content (AvgIpc) is 3.22. The van der Waals surface area contributed by atoms with Gasteiger partial charge in [-0.1, -0.05) is 23.0 Å². The van der Waals surface area contributed by atoms with Gasteiger partial charge in [0.2, 0.25) is 0 Å². The Kier molecular flexibility index (Phi) is 5.71. The lowest BCUT2D eigenvalue weighted by Crippen LogP contribution is -2.33. The molecule has 3 heterocycles. The summed E-state index contributed by atoms with van der Waals surface area (Å²) in [4.78, 5) is 36.5. The Morgan fingerprint density at radius 3 is 2.87 bits per heavy atom. The zero-order valence-corrected chi connectivity index (χ0v) is 17.7. The first kappa shape index (κ1) is 20.6. The Morgan fingerprint density at radius 1 is 1.29 bits per heavy atom. The fourth-order valence-electron chi connectivity index (χ4n) is 3.19. The first-order chi connectivity index (χ1) is 15.0. The van der Waals surface area contributed by atoms with Gasteiger partial charge in [0.05, 0.1) is 11.9 Å². The smallest absolute Gasteiger partial charge is 0.404 e. The van der Waals surface area contributed by atoms with E-state index in [0.717, 1.165) is 0 Å². The van der Waals surface area contributed by atoms with Crippen molar-refractivity contribution in [2.45, 2.75) is 11.8 Å². The number of amides is 2. The maximum atomic E-state index is 13.3. The standard InChI is InChI=1S/C19H20N8O3S/c1-25-6-7-26(17(28)15-9-21-19(31-2)22-16(15)25)13-4-3-5-14(8-13)27-10-12(23-24-27)11-30-18(20)29/h3-5,8-10H,6-7,11H2,1-2H3,(H2,20,29). The third kappa shape index (κ3) is 4.28. The summed E-state index contributed by atoms with van der Waals surface area (Å²) in [6.45, 7) is 1.03. The van der Waals surface area contributed by atoms with E-state index < -0.39 is 6.09 Å². The van der Waals surface area contributed by atoms with Crippen molar-refractivity contribution < 1.29 is 14.3 Å². The Morgan fingerprint density at radius 2 is 2.10 bits per heavy atom. The molecule has 11 nitrogen and oxygen atoms in total. The normalized spacial score (nSPS) is 13.7. The first-order valence-electron chi connectivity index (χ1n) is 9.34. The Labute approximate surface area is 182 Å². The van der Waals surface area contributed by atoms with E-state index in [1.807, 2.05) is 42.5 Å². The summed E-state index contributed by atoms with van der Waals surface area (Å²) >= 11 is 1.43. The van der Waals surface area contributed by atoms with Crippen LogP contribution in [0.15, 0.2) is 41.8 Å². The van der Waals surface area contributed by atoms with Crippen molar-refractivity contribution in [1.29, 1.82) is 0 Å².